The number of carbonyl (C=O) groups excluding carboxylic acids is 1. The molecule has 0 bridgehead atoms. The monoisotopic (exact) mass is 238 g/mol. The maximum absolute atomic E-state index is 11.5. The van der Waals surface area contributed by atoms with Crippen LogP contribution in [0.25, 0.3) is 0 Å². The van der Waals surface area contributed by atoms with Crippen molar-refractivity contribution in [2.45, 2.75) is 25.7 Å². The molecule has 0 aromatic carbocycles. The van der Waals surface area contributed by atoms with Gasteiger partial charge in [-0.3, -0.25) is 4.79 Å². The smallest absolute Gasteiger partial charge is 0.374 e. The number of carboxylic acid groups (broad SMARTS) is 1. The molecule has 2 rings (SSSR count). The van der Waals surface area contributed by atoms with Crippen molar-refractivity contribution in [3.63, 3.8) is 0 Å². The molecular formula is C11H14N2O4. The Labute approximate surface area is 98.0 Å². The average molecular weight is 238 g/mol. The first-order valence-corrected chi connectivity index (χ1v) is 5.65. The Kier molecular flexibility index (Phi) is 3.41. The van der Waals surface area contributed by atoms with Crippen molar-refractivity contribution >= 4 is 11.9 Å². The third-order valence-electron chi connectivity index (χ3n) is 2.73. The van der Waals surface area contributed by atoms with Gasteiger partial charge in [-0.25, -0.2) is 4.79 Å². The zero-order chi connectivity index (χ0) is 12.3. The first-order chi connectivity index (χ1) is 8.16. The van der Waals surface area contributed by atoms with Gasteiger partial charge in [0.1, 0.15) is 0 Å². The van der Waals surface area contributed by atoms with Crippen molar-refractivity contribution in [3.05, 3.63) is 17.5 Å². The second-order valence-corrected chi connectivity index (χ2v) is 4.22. The van der Waals surface area contributed by atoms with Gasteiger partial charge in [0.05, 0.1) is 0 Å². The van der Waals surface area contributed by atoms with Gasteiger partial charge in [-0.1, -0.05) is 18.0 Å². The van der Waals surface area contributed by atoms with E-state index < -0.39 is 11.9 Å². The lowest BCUT2D eigenvalue weighted by Crippen LogP contribution is -2.24. The van der Waals surface area contributed by atoms with Crippen LogP contribution in [0.5, 0.6) is 0 Å². The quantitative estimate of drug-likeness (QED) is 0.728. The Balaban J connectivity index is 1.75. The molecule has 1 aliphatic carbocycles. The van der Waals surface area contributed by atoms with Crippen LogP contribution in [0.3, 0.4) is 0 Å². The number of rotatable bonds is 6. The largest absolute Gasteiger partial charge is 0.475 e. The number of hydrogen-bond donors (Lipinski definition) is 2. The van der Waals surface area contributed by atoms with E-state index in [0.717, 1.165) is 24.8 Å². The maximum Gasteiger partial charge on any atom is 0.374 e. The van der Waals surface area contributed by atoms with E-state index in [2.05, 4.69) is 15.0 Å². The highest BCUT2D eigenvalue weighted by Gasteiger charge is 2.20. The fourth-order valence-electron chi connectivity index (χ4n) is 1.57. The van der Waals surface area contributed by atoms with Crippen molar-refractivity contribution in [3.8, 4) is 0 Å². The highest BCUT2D eigenvalue weighted by Crippen LogP contribution is 2.33. The number of amides is 1. The minimum Gasteiger partial charge on any atom is -0.475 e. The van der Waals surface area contributed by atoms with E-state index in [4.69, 9.17) is 5.11 Å². The van der Waals surface area contributed by atoms with Crippen LogP contribution in [0, 0.1) is 5.92 Å². The SMILES string of the molecule is O=C(NCCCC1CC1)c1cc(C(=O)O)on1. The van der Waals surface area contributed by atoms with Crippen LogP contribution in [0.1, 0.15) is 46.7 Å². The van der Waals surface area contributed by atoms with E-state index >= 15 is 0 Å². The molecule has 0 atom stereocenters. The van der Waals surface area contributed by atoms with Crippen LogP contribution in [-0.4, -0.2) is 28.7 Å². The molecule has 1 aromatic rings. The molecule has 6 nitrogen and oxygen atoms in total. The molecule has 1 saturated carbocycles. The number of aromatic carboxylic acids is 1. The number of nitrogens with one attached hydrogen (secondary N) is 1. The zero-order valence-corrected chi connectivity index (χ0v) is 9.31. The standard InChI is InChI=1S/C11H14N2O4/c14-10(12-5-1-2-7-3-4-7)8-6-9(11(15)16)17-13-8/h6-7H,1-5H2,(H,12,14)(H,15,16). The van der Waals surface area contributed by atoms with Crippen LogP contribution in [-0.2, 0) is 0 Å². The Morgan fingerprint density at radius 2 is 2.29 bits per heavy atom. The maximum atomic E-state index is 11.5. The molecule has 2 N–H and O–H groups in total. The number of aromatic nitrogens is 1. The van der Waals surface area contributed by atoms with Gasteiger partial charge < -0.3 is 14.9 Å². The Morgan fingerprint density at radius 1 is 1.53 bits per heavy atom. The van der Waals surface area contributed by atoms with Gasteiger partial charge in [0.2, 0.25) is 5.76 Å². The summed E-state index contributed by atoms with van der Waals surface area (Å²) >= 11 is 0. The van der Waals surface area contributed by atoms with E-state index in [0.29, 0.717) is 6.54 Å². The highest BCUT2D eigenvalue weighted by molar-refractivity contribution is 5.94. The first-order valence-electron chi connectivity index (χ1n) is 5.65. The molecule has 1 amide bonds. The molecule has 1 aromatic heterocycles. The van der Waals surface area contributed by atoms with Crippen molar-refractivity contribution in [1.82, 2.24) is 10.5 Å². The van der Waals surface area contributed by atoms with Crippen LogP contribution >= 0.6 is 0 Å². The number of carbonyl (C=O) groups is 2. The van der Waals surface area contributed by atoms with Gasteiger partial charge in [-0.2, -0.15) is 0 Å². The Morgan fingerprint density at radius 3 is 2.88 bits per heavy atom. The number of nitrogens with zero attached hydrogens (tertiary/aromatic N) is 1. The summed E-state index contributed by atoms with van der Waals surface area (Å²) in [6, 6.07) is 1.12. The molecular weight excluding hydrogens is 224 g/mol. The zero-order valence-electron chi connectivity index (χ0n) is 9.31. The van der Waals surface area contributed by atoms with Crippen molar-refractivity contribution in [1.29, 1.82) is 0 Å². The van der Waals surface area contributed by atoms with Crippen LogP contribution in [0.15, 0.2) is 10.6 Å². The summed E-state index contributed by atoms with van der Waals surface area (Å²) in [4.78, 5) is 22.0. The molecule has 0 unspecified atom stereocenters. The number of hydrogen-bond acceptors (Lipinski definition) is 4. The summed E-state index contributed by atoms with van der Waals surface area (Å²) in [6.07, 6.45) is 4.69. The summed E-state index contributed by atoms with van der Waals surface area (Å²) in [5.74, 6) is -1.10. The molecule has 6 heteroatoms. The lowest BCUT2D eigenvalue weighted by molar-refractivity contribution is 0.0651. The molecule has 1 heterocycles. The van der Waals surface area contributed by atoms with E-state index in [1.54, 1.807) is 0 Å². The van der Waals surface area contributed by atoms with Gasteiger partial charge in [-0.15, -0.1) is 0 Å². The van der Waals surface area contributed by atoms with E-state index in [-0.39, 0.29) is 11.5 Å². The predicted octanol–water partition coefficient (Wildman–Crippen LogP) is 1.29. The normalized spacial score (nSPS) is 14.6. The van der Waals surface area contributed by atoms with Crippen molar-refractivity contribution in [2.75, 3.05) is 6.54 Å². The van der Waals surface area contributed by atoms with Crippen molar-refractivity contribution in [2.24, 2.45) is 5.92 Å². The minimum absolute atomic E-state index is 0.00817. The molecule has 0 spiro atoms. The highest BCUT2D eigenvalue weighted by atomic mass is 16.5. The summed E-state index contributed by atoms with van der Waals surface area (Å²) in [5.41, 5.74) is 0.00817. The summed E-state index contributed by atoms with van der Waals surface area (Å²) in [7, 11) is 0. The molecule has 1 fully saturated rings. The molecule has 1 aliphatic rings. The number of carboxylic acids is 1. The van der Waals surface area contributed by atoms with Gasteiger partial charge in [0.25, 0.3) is 5.91 Å². The first kappa shape index (κ1) is 11.6. The van der Waals surface area contributed by atoms with E-state index in [1.807, 2.05) is 0 Å². The minimum atomic E-state index is -1.23. The van der Waals surface area contributed by atoms with Crippen molar-refractivity contribution < 1.29 is 19.2 Å². The lowest BCUT2D eigenvalue weighted by Gasteiger charge is -2.01. The topological polar surface area (TPSA) is 92.4 Å². The van der Waals surface area contributed by atoms with Crippen LogP contribution in [0.4, 0.5) is 0 Å². The van der Waals surface area contributed by atoms with Gasteiger partial charge in [-0.05, 0) is 18.8 Å². The Hall–Kier alpha value is -1.85. The molecule has 92 valence electrons. The second-order valence-electron chi connectivity index (χ2n) is 4.22. The second kappa shape index (κ2) is 4.99. The third kappa shape index (κ3) is 3.30. The molecule has 0 saturated heterocycles. The van der Waals surface area contributed by atoms with E-state index in [9.17, 15) is 9.59 Å². The fraction of sp³-hybridized carbons (Fsp3) is 0.545. The summed E-state index contributed by atoms with van der Waals surface area (Å²) in [5, 5.41) is 14.7. The average Bonchev–Trinajstić information content (AvgIpc) is 2.97. The molecule has 17 heavy (non-hydrogen) atoms. The molecule has 0 aliphatic heterocycles. The van der Waals surface area contributed by atoms with Gasteiger partial charge in [0, 0.05) is 12.6 Å². The predicted molar refractivity (Wildman–Crippen MR) is 57.8 cm³/mol. The van der Waals surface area contributed by atoms with Crippen LogP contribution in [0.2, 0.25) is 0 Å². The van der Waals surface area contributed by atoms with Crippen LogP contribution < -0.4 is 5.32 Å². The lowest BCUT2D eigenvalue weighted by atomic mass is 10.2. The van der Waals surface area contributed by atoms with E-state index in [1.165, 1.54) is 12.8 Å². The Bertz CT molecular complexity index is 423. The summed E-state index contributed by atoms with van der Waals surface area (Å²) < 4.78 is 4.49. The van der Waals surface area contributed by atoms with Gasteiger partial charge in [0.15, 0.2) is 5.69 Å². The third-order valence-corrected chi connectivity index (χ3v) is 2.73. The molecule has 0 radical (unpaired) electrons. The fourth-order valence-corrected chi connectivity index (χ4v) is 1.57. The van der Waals surface area contributed by atoms with Gasteiger partial charge >= 0.3 is 5.97 Å². The summed E-state index contributed by atoms with van der Waals surface area (Å²) in [6.45, 7) is 0.588.